The van der Waals surface area contributed by atoms with Crippen molar-refractivity contribution in [1.29, 1.82) is 0 Å². The van der Waals surface area contributed by atoms with Crippen molar-refractivity contribution in [2.24, 2.45) is 0 Å². The lowest BCUT2D eigenvalue weighted by molar-refractivity contribution is -0.137. The summed E-state index contributed by atoms with van der Waals surface area (Å²) in [7, 11) is 1.53. The summed E-state index contributed by atoms with van der Waals surface area (Å²) >= 11 is 0. The first kappa shape index (κ1) is 28.7. The summed E-state index contributed by atoms with van der Waals surface area (Å²) in [6.07, 6.45) is -0.701. The summed E-state index contributed by atoms with van der Waals surface area (Å²) in [5, 5.41) is 22.8. The fourth-order valence-electron chi connectivity index (χ4n) is 5.24. The highest BCUT2D eigenvalue weighted by Crippen LogP contribution is 2.37. The molecule has 0 spiro atoms. The molecule has 39 heavy (non-hydrogen) atoms. The van der Waals surface area contributed by atoms with Crippen LogP contribution in [-0.2, 0) is 16.6 Å². The first-order chi connectivity index (χ1) is 18.5. The number of pyridine rings is 1. The maximum atomic E-state index is 13.3. The number of nitrogens with zero attached hydrogens (tertiary/aromatic N) is 1. The van der Waals surface area contributed by atoms with Gasteiger partial charge in [-0.3, -0.25) is 19.4 Å². The Morgan fingerprint density at radius 3 is 2.41 bits per heavy atom. The van der Waals surface area contributed by atoms with Gasteiger partial charge >= 0.3 is 6.18 Å². The van der Waals surface area contributed by atoms with Crippen molar-refractivity contribution in [3.05, 3.63) is 65.0 Å². The molecule has 1 saturated carbocycles. The van der Waals surface area contributed by atoms with E-state index in [2.05, 4.69) is 26.3 Å². The maximum Gasteiger partial charge on any atom is 0.416 e. The number of aromatic nitrogens is 1. The molecule has 4 rings (SSSR count). The lowest BCUT2D eigenvalue weighted by Crippen LogP contribution is -2.60. The Hall–Kier alpha value is -3.35. The van der Waals surface area contributed by atoms with Gasteiger partial charge < -0.3 is 26.4 Å². The number of Topliss-reactive ketones (excluding diaryl/α,β-unsaturated/α-hetero) is 1. The van der Waals surface area contributed by atoms with Crippen molar-refractivity contribution in [3.8, 4) is 0 Å². The number of halogens is 3. The number of carbonyl (C=O) groups is 3. The number of ketones is 1. The number of aliphatic hydroxyl groups is 1. The Labute approximate surface area is 224 Å². The fourth-order valence-corrected chi connectivity index (χ4v) is 5.24. The summed E-state index contributed by atoms with van der Waals surface area (Å²) in [6, 6.07) is 7.26. The molecule has 2 aromatic rings. The van der Waals surface area contributed by atoms with Gasteiger partial charge in [-0.25, -0.2) is 0 Å². The maximum absolute atomic E-state index is 13.3. The lowest BCUT2D eigenvalue weighted by Gasteiger charge is -2.40. The van der Waals surface area contributed by atoms with E-state index in [0.717, 1.165) is 18.2 Å². The number of hydrogen-bond acceptors (Lipinski definition) is 7. The van der Waals surface area contributed by atoms with Gasteiger partial charge in [-0.1, -0.05) is 6.07 Å². The lowest BCUT2D eigenvalue weighted by atomic mass is 9.78. The van der Waals surface area contributed by atoms with Gasteiger partial charge in [0.1, 0.15) is 5.60 Å². The minimum absolute atomic E-state index is 0.0709. The van der Waals surface area contributed by atoms with Crippen molar-refractivity contribution < 1.29 is 32.7 Å². The first-order valence-electron chi connectivity index (χ1n) is 12.8. The third kappa shape index (κ3) is 6.45. The number of amides is 2. The van der Waals surface area contributed by atoms with E-state index in [1.54, 1.807) is 12.1 Å². The molecule has 1 aliphatic carbocycles. The standard InChI is InChI=1S/C27H32F3N5O4/c1-31-23(37)18-5-6-21(33-14-18)26(39)9-7-20(8-10-26)35-25(11-12-32-16-25)22(36)15-34-24(38)17-3-2-4-19(13-17)27(28,29)30/h2-6,13-14,20,32,35,39H,7-12,15-16H2,1H3,(H,31,37)(H,34,38)/t20?,25-,26?/m0/s1. The first-order valence-corrected chi connectivity index (χ1v) is 12.8. The van der Waals surface area contributed by atoms with Crippen molar-refractivity contribution in [2.75, 3.05) is 26.7 Å². The molecule has 1 atom stereocenters. The van der Waals surface area contributed by atoms with E-state index < -0.39 is 28.8 Å². The molecule has 5 N–H and O–H groups in total. The molecule has 0 unspecified atom stereocenters. The molecule has 0 radical (unpaired) electrons. The van der Waals surface area contributed by atoms with Crippen LogP contribution in [0, 0.1) is 0 Å². The monoisotopic (exact) mass is 547 g/mol. The van der Waals surface area contributed by atoms with Gasteiger partial charge in [-0.15, -0.1) is 0 Å². The van der Waals surface area contributed by atoms with Gasteiger partial charge in [0, 0.05) is 31.4 Å². The molecule has 210 valence electrons. The van der Waals surface area contributed by atoms with Crippen LogP contribution in [0.3, 0.4) is 0 Å². The molecule has 2 heterocycles. The Morgan fingerprint density at radius 1 is 1.08 bits per heavy atom. The third-order valence-corrected chi connectivity index (χ3v) is 7.57. The predicted octanol–water partition coefficient (Wildman–Crippen LogP) is 1.91. The van der Waals surface area contributed by atoms with Gasteiger partial charge in [0.15, 0.2) is 5.78 Å². The average Bonchev–Trinajstić information content (AvgIpc) is 3.42. The van der Waals surface area contributed by atoms with E-state index in [-0.39, 0.29) is 29.8 Å². The van der Waals surface area contributed by atoms with Crippen molar-refractivity contribution in [3.63, 3.8) is 0 Å². The summed E-state index contributed by atoms with van der Waals surface area (Å²) in [6.45, 7) is 0.620. The molecule has 0 bridgehead atoms. The van der Waals surface area contributed by atoms with Crippen LogP contribution in [0.1, 0.15) is 64.1 Å². The number of nitrogens with one attached hydrogen (secondary N) is 4. The molecular weight excluding hydrogens is 515 g/mol. The molecule has 2 aliphatic rings. The zero-order chi connectivity index (χ0) is 28.3. The van der Waals surface area contributed by atoms with E-state index in [4.69, 9.17) is 0 Å². The van der Waals surface area contributed by atoms with Gasteiger partial charge in [0.05, 0.1) is 28.9 Å². The SMILES string of the molecule is CNC(=O)c1ccc(C2(O)CCC(N[C@@]3(C(=O)CNC(=O)c4cccc(C(F)(F)F)c4)CCNC3)CC2)nc1. The summed E-state index contributed by atoms with van der Waals surface area (Å²) in [5.41, 5.74) is -2.31. The van der Waals surface area contributed by atoms with E-state index in [1.807, 2.05) is 0 Å². The van der Waals surface area contributed by atoms with Crippen LogP contribution in [0.15, 0.2) is 42.6 Å². The minimum atomic E-state index is -4.58. The van der Waals surface area contributed by atoms with Gasteiger partial charge in [0.25, 0.3) is 11.8 Å². The number of rotatable bonds is 8. The third-order valence-electron chi connectivity index (χ3n) is 7.57. The number of hydrogen-bond donors (Lipinski definition) is 5. The van der Waals surface area contributed by atoms with Crippen LogP contribution in [0.2, 0.25) is 0 Å². The van der Waals surface area contributed by atoms with E-state index in [9.17, 15) is 32.7 Å². The smallest absolute Gasteiger partial charge is 0.384 e. The molecular formula is C27H32F3N5O4. The molecule has 1 aromatic heterocycles. The predicted molar refractivity (Wildman–Crippen MR) is 136 cm³/mol. The van der Waals surface area contributed by atoms with Crippen molar-refractivity contribution in [1.82, 2.24) is 26.3 Å². The Bertz CT molecular complexity index is 1200. The van der Waals surface area contributed by atoms with Crippen molar-refractivity contribution >= 4 is 17.6 Å². The van der Waals surface area contributed by atoms with Crippen LogP contribution in [0.25, 0.3) is 0 Å². The highest BCUT2D eigenvalue weighted by Gasteiger charge is 2.44. The zero-order valence-electron chi connectivity index (χ0n) is 21.5. The second-order valence-corrected chi connectivity index (χ2v) is 10.2. The van der Waals surface area contributed by atoms with Gasteiger partial charge in [-0.05, 0) is 69.0 Å². The quantitative estimate of drug-likeness (QED) is 0.341. The van der Waals surface area contributed by atoms with Gasteiger partial charge in [-0.2, -0.15) is 13.2 Å². The molecule has 9 nitrogen and oxygen atoms in total. The summed E-state index contributed by atoms with van der Waals surface area (Å²) in [4.78, 5) is 41.8. The topological polar surface area (TPSA) is 132 Å². The molecule has 1 saturated heterocycles. The second kappa shape index (κ2) is 11.4. The fraction of sp³-hybridized carbons (Fsp3) is 0.481. The number of benzene rings is 1. The molecule has 1 aromatic carbocycles. The second-order valence-electron chi connectivity index (χ2n) is 10.2. The van der Waals surface area contributed by atoms with Crippen LogP contribution in [0.5, 0.6) is 0 Å². The average molecular weight is 548 g/mol. The Kier molecular flexibility index (Phi) is 8.38. The van der Waals surface area contributed by atoms with E-state index in [1.165, 1.54) is 19.3 Å². The highest BCUT2D eigenvalue weighted by molar-refractivity contribution is 5.99. The Balaban J connectivity index is 1.35. The van der Waals surface area contributed by atoms with Crippen LogP contribution >= 0.6 is 0 Å². The molecule has 12 heteroatoms. The number of carbonyl (C=O) groups excluding carboxylic acids is 3. The zero-order valence-corrected chi connectivity index (χ0v) is 21.5. The highest BCUT2D eigenvalue weighted by atomic mass is 19.4. The van der Waals surface area contributed by atoms with Crippen LogP contribution in [0.4, 0.5) is 13.2 Å². The largest absolute Gasteiger partial charge is 0.416 e. The van der Waals surface area contributed by atoms with Crippen LogP contribution < -0.4 is 21.3 Å². The molecule has 2 fully saturated rings. The van der Waals surface area contributed by atoms with E-state index in [0.29, 0.717) is 56.5 Å². The summed E-state index contributed by atoms with van der Waals surface area (Å²) < 4.78 is 39.0. The van der Waals surface area contributed by atoms with Gasteiger partial charge in [0.2, 0.25) is 0 Å². The van der Waals surface area contributed by atoms with Crippen LogP contribution in [-0.4, -0.2) is 66.0 Å². The molecule has 1 aliphatic heterocycles. The van der Waals surface area contributed by atoms with E-state index >= 15 is 0 Å². The summed E-state index contributed by atoms with van der Waals surface area (Å²) in [5.74, 6) is -1.28. The molecule has 2 amide bonds. The normalized spacial score (nSPS) is 25.2. The van der Waals surface area contributed by atoms with Crippen molar-refractivity contribution in [2.45, 2.75) is 55.5 Å². The minimum Gasteiger partial charge on any atom is -0.384 e. The Morgan fingerprint density at radius 2 is 1.82 bits per heavy atom. The number of alkyl halides is 3.